The van der Waals surface area contributed by atoms with Gasteiger partial charge in [0.1, 0.15) is 11.6 Å². The third-order valence-corrected chi connectivity index (χ3v) is 10.8. The van der Waals surface area contributed by atoms with E-state index in [1.165, 1.54) is 0 Å². The van der Waals surface area contributed by atoms with E-state index >= 15 is 0 Å². The molecule has 2 aromatic rings. The highest BCUT2D eigenvalue weighted by Crippen LogP contribution is 2.36. The lowest BCUT2D eigenvalue weighted by Gasteiger charge is -2.43. The van der Waals surface area contributed by atoms with Crippen LogP contribution in [-0.4, -0.2) is 48.9 Å². The summed E-state index contributed by atoms with van der Waals surface area (Å²) in [7, 11) is -2.97. The van der Waals surface area contributed by atoms with Crippen molar-refractivity contribution in [3.63, 3.8) is 0 Å². The van der Waals surface area contributed by atoms with Crippen LogP contribution in [0.25, 0.3) is 5.53 Å². The zero-order valence-corrected chi connectivity index (χ0v) is 23.5. The maximum atomic E-state index is 13.4. The van der Waals surface area contributed by atoms with Crippen LogP contribution >= 0.6 is 0 Å². The van der Waals surface area contributed by atoms with Gasteiger partial charge < -0.3 is 20.0 Å². The topological polar surface area (TPSA) is 101 Å². The fourth-order valence-corrected chi connectivity index (χ4v) is 8.84. The third kappa shape index (κ3) is 7.23. The molecule has 0 aliphatic rings. The second-order valence-corrected chi connectivity index (χ2v) is 15.1. The number of alkyl carbamates (subject to hydrolysis) is 1. The van der Waals surface area contributed by atoms with E-state index in [4.69, 9.17) is 9.16 Å². The number of ketones is 1. The van der Waals surface area contributed by atoms with Crippen molar-refractivity contribution >= 4 is 36.3 Å². The zero-order valence-electron chi connectivity index (χ0n) is 22.5. The second-order valence-electron chi connectivity index (χ2n) is 10.8. The van der Waals surface area contributed by atoms with Crippen LogP contribution in [0, 0.1) is 0 Å². The third-order valence-electron chi connectivity index (χ3n) is 5.78. The SMILES string of the molecule is CCCC(=[N+]=[N-])C(=O)[C@H](CO[Si](c1ccccc1)(c1ccccc1)C(C)(C)C)NC(=O)OC(C)(C)C. The number of carbonyl (C=O) groups excluding carboxylic acids is 2. The molecular formula is C28H39N3O4Si. The van der Waals surface area contributed by atoms with Crippen molar-refractivity contribution < 1.29 is 23.5 Å². The summed E-state index contributed by atoms with van der Waals surface area (Å²) in [6.07, 6.45) is 0.154. The zero-order chi connectivity index (χ0) is 27.0. The molecule has 8 heteroatoms. The standard InChI is InChI=1S/C28H39N3O4Si/c1-8-15-23(31-29)25(32)24(30-26(33)35-27(2,3)4)20-34-36(28(5,6)7,21-16-11-9-12-17-21)22-18-13-10-14-19-22/h9-14,16-19,24H,8,15,20H2,1-7H3,(H,30,33)/t24-/m0/s1. The van der Waals surface area contributed by atoms with E-state index in [0.29, 0.717) is 6.42 Å². The molecule has 0 aliphatic heterocycles. The number of rotatable bonds is 10. The van der Waals surface area contributed by atoms with Crippen LogP contribution in [0.1, 0.15) is 61.3 Å². The highest BCUT2D eigenvalue weighted by Gasteiger charge is 2.51. The molecule has 2 rings (SSSR count). The molecule has 0 spiro atoms. The predicted octanol–water partition coefficient (Wildman–Crippen LogP) is 4.50. The molecule has 0 saturated carbocycles. The molecule has 1 atom stereocenters. The monoisotopic (exact) mass is 509 g/mol. The van der Waals surface area contributed by atoms with E-state index in [0.717, 1.165) is 10.4 Å². The van der Waals surface area contributed by atoms with Gasteiger partial charge in [0.2, 0.25) is 0 Å². The molecule has 7 nitrogen and oxygen atoms in total. The average Bonchev–Trinajstić information content (AvgIpc) is 2.81. The summed E-state index contributed by atoms with van der Waals surface area (Å²) >= 11 is 0. The van der Waals surface area contributed by atoms with Crippen molar-refractivity contribution in [1.82, 2.24) is 5.32 Å². The first-order chi connectivity index (χ1) is 16.9. The molecule has 0 aliphatic carbocycles. The molecular weight excluding hydrogens is 470 g/mol. The normalized spacial score (nSPS) is 12.9. The summed E-state index contributed by atoms with van der Waals surface area (Å²) in [6, 6.07) is 19.0. The van der Waals surface area contributed by atoms with E-state index in [-0.39, 0.29) is 23.8 Å². The molecule has 36 heavy (non-hydrogen) atoms. The van der Waals surface area contributed by atoms with Gasteiger partial charge in [-0.05, 0) is 42.6 Å². The lowest BCUT2D eigenvalue weighted by Crippen LogP contribution is -2.67. The van der Waals surface area contributed by atoms with Crippen molar-refractivity contribution in [3.05, 3.63) is 66.2 Å². The van der Waals surface area contributed by atoms with Crippen molar-refractivity contribution in [2.45, 2.75) is 78.0 Å². The first kappa shape index (κ1) is 29.2. The van der Waals surface area contributed by atoms with Gasteiger partial charge in [0.05, 0.1) is 13.0 Å². The van der Waals surface area contributed by atoms with E-state index in [9.17, 15) is 15.1 Å². The summed E-state index contributed by atoms with van der Waals surface area (Å²) in [5.41, 5.74) is 8.75. The molecule has 0 bridgehead atoms. The largest absolute Gasteiger partial charge is 0.444 e. The molecule has 1 amide bonds. The number of benzene rings is 2. The molecule has 1 N–H and O–H groups in total. The summed E-state index contributed by atoms with van der Waals surface area (Å²) < 4.78 is 12.3. The Balaban J connectivity index is 2.56. The molecule has 0 unspecified atom stereocenters. The Bertz CT molecular complexity index is 1030. The Morgan fingerprint density at radius 1 is 0.944 bits per heavy atom. The summed E-state index contributed by atoms with van der Waals surface area (Å²) in [5, 5.41) is 4.46. The van der Waals surface area contributed by atoms with Crippen LogP contribution in [0.4, 0.5) is 4.79 Å². The van der Waals surface area contributed by atoms with Gasteiger partial charge in [-0.15, -0.1) is 0 Å². The van der Waals surface area contributed by atoms with Gasteiger partial charge in [0.15, 0.2) is 0 Å². The number of carbonyl (C=O) groups is 2. The van der Waals surface area contributed by atoms with E-state index < -0.39 is 31.8 Å². The van der Waals surface area contributed by atoms with Crippen LogP contribution in [0.15, 0.2) is 60.7 Å². The number of Topliss-reactive ketones (excluding diaryl/α,β-unsaturated/α-hetero) is 1. The van der Waals surface area contributed by atoms with Crippen LogP contribution in [0.5, 0.6) is 0 Å². The van der Waals surface area contributed by atoms with Gasteiger partial charge in [-0.1, -0.05) is 88.4 Å². The fraction of sp³-hybridized carbons (Fsp3) is 0.464. The first-order valence-corrected chi connectivity index (χ1v) is 14.3. The average molecular weight is 510 g/mol. The summed E-state index contributed by atoms with van der Waals surface area (Å²) in [5.74, 6) is -0.497. The highest BCUT2D eigenvalue weighted by atomic mass is 28.4. The van der Waals surface area contributed by atoms with Crippen molar-refractivity contribution in [2.24, 2.45) is 0 Å². The molecule has 0 heterocycles. The van der Waals surface area contributed by atoms with Crippen LogP contribution in [-0.2, 0) is 14.0 Å². The minimum atomic E-state index is -2.97. The maximum Gasteiger partial charge on any atom is 0.408 e. The van der Waals surface area contributed by atoms with Gasteiger partial charge in [-0.2, -0.15) is 4.79 Å². The maximum absolute atomic E-state index is 13.4. The van der Waals surface area contributed by atoms with Crippen molar-refractivity contribution in [3.8, 4) is 0 Å². The van der Waals surface area contributed by atoms with Gasteiger partial charge in [-0.25, -0.2) is 4.79 Å². The predicted molar refractivity (Wildman–Crippen MR) is 145 cm³/mol. The molecule has 194 valence electrons. The lowest BCUT2D eigenvalue weighted by molar-refractivity contribution is -0.120. The van der Waals surface area contributed by atoms with Crippen molar-refractivity contribution in [1.29, 1.82) is 0 Å². The van der Waals surface area contributed by atoms with Gasteiger partial charge in [0.25, 0.3) is 14.1 Å². The number of hydrogen-bond donors (Lipinski definition) is 1. The minimum Gasteiger partial charge on any atom is -0.444 e. The molecule has 0 radical (unpaired) electrons. The first-order valence-electron chi connectivity index (χ1n) is 12.4. The van der Waals surface area contributed by atoms with Gasteiger partial charge in [-0.3, -0.25) is 4.79 Å². The van der Waals surface area contributed by atoms with E-state index in [1.54, 1.807) is 20.8 Å². The summed E-state index contributed by atoms with van der Waals surface area (Å²) in [6.45, 7) is 13.4. The summed E-state index contributed by atoms with van der Waals surface area (Å²) in [4.78, 5) is 29.3. The Morgan fingerprint density at radius 2 is 1.44 bits per heavy atom. The fourth-order valence-electron chi connectivity index (χ4n) is 4.26. The Kier molecular flexibility index (Phi) is 9.93. The van der Waals surface area contributed by atoms with Crippen molar-refractivity contribution in [2.75, 3.05) is 6.61 Å². The number of nitrogens with zero attached hydrogens (tertiary/aromatic N) is 2. The Labute approximate surface area is 216 Å². The van der Waals surface area contributed by atoms with Crippen LogP contribution in [0.2, 0.25) is 5.04 Å². The molecule has 2 aromatic carbocycles. The number of ether oxygens (including phenoxy) is 1. The second kappa shape index (κ2) is 12.3. The van der Waals surface area contributed by atoms with E-state index in [2.05, 4.69) is 55.1 Å². The van der Waals surface area contributed by atoms with Gasteiger partial charge in [0, 0.05) is 0 Å². The molecule has 0 aromatic heterocycles. The number of amides is 1. The highest BCUT2D eigenvalue weighted by molar-refractivity contribution is 6.99. The number of hydrogen-bond acceptors (Lipinski definition) is 4. The van der Waals surface area contributed by atoms with E-state index in [1.807, 2.05) is 43.3 Å². The Hall–Kier alpha value is -3.06. The van der Waals surface area contributed by atoms with Gasteiger partial charge >= 0.3 is 11.8 Å². The smallest absolute Gasteiger partial charge is 0.408 e. The lowest BCUT2D eigenvalue weighted by atomic mass is 10.1. The van der Waals surface area contributed by atoms with Crippen LogP contribution < -0.4 is 15.7 Å². The molecule has 0 saturated heterocycles. The minimum absolute atomic E-state index is 0.00962. The quantitative estimate of drug-likeness (QED) is 0.221. The van der Waals surface area contributed by atoms with Crippen LogP contribution in [0.3, 0.4) is 0 Å². The molecule has 0 fully saturated rings. The number of nitrogens with one attached hydrogen (secondary N) is 1. The Morgan fingerprint density at radius 3 is 1.83 bits per heavy atom.